The molecule has 0 bridgehead atoms. The molecule has 4 nitrogen and oxygen atoms in total. The van der Waals surface area contributed by atoms with E-state index in [0.717, 1.165) is 10.2 Å². The number of thioether (sulfide) groups is 1. The van der Waals surface area contributed by atoms with E-state index in [1.54, 1.807) is 24.3 Å². The Morgan fingerprint density at radius 1 is 1.69 bits per heavy atom. The molecule has 2 aromatic heterocycles. The van der Waals surface area contributed by atoms with Crippen molar-refractivity contribution >= 4 is 35.3 Å². The molecule has 2 heterocycles. The maximum absolute atomic E-state index is 4.92. The van der Waals surface area contributed by atoms with Crippen LogP contribution in [0.1, 0.15) is 0 Å². The van der Waals surface area contributed by atoms with Gasteiger partial charge in [0.05, 0.1) is 12.2 Å². The number of H-pyrrole nitrogens is 1. The monoisotopic (exact) mass is 230 g/mol. The van der Waals surface area contributed by atoms with Crippen molar-refractivity contribution < 1.29 is 0 Å². The minimum Gasteiger partial charge on any atom is -0.327 e. The van der Waals surface area contributed by atoms with Crippen molar-refractivity contribution in [3.05, 3.63) is 22.7 Å². The van der Waals surface area contributed by atoms with Crippen molar-refractivity contribution in [1.82, 2.24) is 19.7 Å². The lowest BCUT2D eigenvalue weighted by molar-refractivity contribution is 0.885. The molecule has 0 amide bonds. The Labute approximate surface area is 88.0 Å². The second-order valence-corrected chi connectivity index (χ2v) is 5.09. The van der Waals surface area contributed by atoms with E-state index in [0.29, 0.717) is 3.95 Å². The predicted molar refractivity (Wildman–Crippen MR) is 55.4 cm³/mol. The lowest BCUT2D eigenvalue weighted by Gasteiger charge is -1.96. The fourth-order valence-corrected chi connectivity index (χ4v) is 2.72. The Kier molecular flexibility index (Phi) is 2.77. The van der Waals surface area contributed by atoms with E-state index in [2.05, 4.69) is 15.2 Å². The molecule has 2 rings (SSSR count). The molecule has 0 atom stereocenters. The Morgan fingerprint density at radius 3 is 3.23 bits per heavy atom. The summed E-state index contributed by atoms with van der Waals surface area (Å²) in [6.45, 7) is 0. The number of hydrogen-bond acceptors (Lipinski definition) is 5. The Hall–Kier alpha value is -0.660. The first-order valence-electron chi connectivity index (χ1n) is 3.48. The third kappa shape index (κ3) is 2.39. The van der Waals surface area contributed by atoms with Crippen LogP contribution >= 0.6 is 35.3 Å². The summed E-state index contributed by atoms with van der Waals surface area (Å²) in [7, 11) is 0. The average Bonchev–Trinajstić information content (AvgIpc) is 2.71. The van der Waals surface area contributed by atoms with Crippen molar-refractivity contribution in [2.24, 2.45) is 0 Å². The van der Waals surface area contributed by atoms with Gasteiger partial charge in [-0.2, -0.15) is 5.10 Å². The minimum atomic E-state index is 0.716. The zero-order chi connectivity index (χ0) is 9.10. The van der Waals surface area contributed by atoms with E-state index in [9.17, 15) is 0 Å². The number of aromatic amines is 1. The van der Waals surface area contributed by atoms with Crippen molar-refractivity contribution in [3.8, 4) is 0 Å². The number of aromatic nitrogens is 4. The molecule has 0 aliphatic heterocycles. The van der Waals surface area contributed by atoms with Gasteiger partial charge in [-0.3, -0.25) is 5.10 Å². The van der Waals surface area contributed by atoms with Gasteiger partial charge < -0.3 is 4.57 Å². The molecular formula is C6H6N4S3. The van der Waals surface area contributed by atoms with Crippen LogP contribution in [0.5, 0.6) is 0 Å². The van der Waals surface area contributed by atoms with Crippen LogP contribution in [0.4, 0.5) is 0 Å². The van der Waals surface area contributed by atoms with Crippen molar-refractivity contribution in [1.29, 1.82) is 0 Å². The topological polar surface area (TPSA) is 46.5 Å². The third-order valence-electron chi connectivity index (χ3n) is 1.31. The van der Waals surface area contributed by atoms with E-state index >= 15 is 0 Å². The van der Waals surface area contributed by atoms with E-state index in [1.165, 1.54) is 11.3 Å². The highest BCUT2D eigenvalue weighted by molar-refractivity contribution is 8.00. The Bertz CT molecular complexity index is 415. The number of rotatable bonds is 3. The maximum Gasteiger partial charge on any atom is 0.177 e. The molecule has 0 fully saturated rings. The van der Waals surface area contributed by atoms with Gasteiger partial charge in [0.15, 0.2) is 8.29 Å². The fraction of sp³-hybridized carbons (Fsp3) is 0.167. The quantitative estimate of drug-likeness (QED) is 0.648. The molecule has 0 aliphatic rings. The molecule has 0 radical (unpaired) electrons. The molecule has 2 aromatic rings. The Morgan fingerprint density at radius 2 is 2.62 bits per heavy atom. The van der Waals surface area contributed by atoms with Crippen LogP contribution in [0, 0.1) is 3.95 Å². The first-order chi connectivity index (χ1) is 6.34. The third-order valence-corrected chi connectivity index (χ3v) is 3.57. The van der Waals surface area contributed by atoms with E-state index in [1.807, 2.05) is 10.8 Å². The van der Waals surface area contributed by atoms with Crippen molar-refractivity contribution in [3.63, 3.8) is 0 Å². The highest BCUT2D eigenvalue weighted by Crippen LogP contribution is 2.21. The van der Waals surface area contributed by atoms with Crippen LogP contribution in [0.15, 0.2) is 23.1 Å². The highest BCUT2D eigenvalue weighted by atomic mass is 32.2. The molecule has 13 heavy (non-hydrogen) atoms. The fourth-order valence-electron chi connectivity index (χ4n) is 0.771. The van der Waals surface area contributed by atoms with Gasteiger partial charge in [0, 0.05) is 12.4 Å². The van der Waals surface area contributed by atoms with Gasteiger partial charge in [0.2, 0.25) is 0 Å². The second-order valence-electron chi connectivity index (χ2n) is 2.23. The summed E-state index contributed by atoms with van der Waals surface area (Å²) in [5.41, 5.74) is 0. The average molecular weight is 230 g/mol. The summed E-state index contributed by atoms with van der Waals surface area (Å²) in [5.74, 6) is 0.816. The summed E-state index contributed by atoms with van der Waals surface area (Å²) in [6.07, 6.45) is 5.45. The van der Waals surface area contributed by atoms with Gasteiger partial charge in [0.25, 0.3) is 0 Å². The molecule has 7 heteroatoms. The minimum absolute atomic E-state index is 0.716. The van der Waals surface area contributed by atoms with Gasteiger partial charge in [-0.25, -0.2) is 4.98 Å². The van der Waals surface area contributed by atoms with Gasteiger partial charge in [0.1, 0.15) is 0 Å². The molecule has 1 N–H and O–H groups in total. The van der Waals surface area contributed by atoms with E-state index < -0.39 is 0 Å². The zero-order valence-corrected chi connectivity index (χ0v) is 8.96. The number of imidazole rings is 1. The van der Waals surface area contributed by atoms with Crippen LogP contribution in [0.25, 0.3) is 0 Å². The molecule has 0 aromatic carbocycles. The first kappa shape index (κ1) is 8.92. The molecule has 0 aliphatic carbocycles. The zero-order valence-electron chi connectivity index (χ0n) is 6.51. The molecule has 0 unspecified atom stereocenters. The summed E-state index contributed by atoms with van der Waals surface area (Å²) >= 11 is 8.03. The lowest BCUT2D eigenvalue weighted by atomic mass is 10.9. The molecule has 0 saturated carbocycles. The lowest BCUT2D eigenvalue weighted by Crippen LogP contribution is -1.88. The standard InChI is InChI=1S/C6H6N4S3/c11-5-8-9-6(13-5)12-4-10-2-1-7-3-10/h1-3H,4H2,(H,8,11). The van der Waals surface area contributed by atoms with Crippen LogP contribution in [0.2, 0.25) is 0 Å². The summed E-state index contributed by atoms with van der Waals surface area (Å²) in [4.78, 5) is 3.94. The molecule has 0 spiro atoms. The van der Waals surface area contributed by atoms with Gasteiger partial charge in [-0.15, -0.1) is 0 Å². The number of hydrogen-bond donors (Lipinski definition) is 1. The molecule has 0 saturated heterocycles. The maximum atomic E-state index is 4.92. The second kappa shape index (κ2) is 4.03. The Balaban J connectivity index is 1.97. The van der Waals surface area contributed by atoms with Crippen LogP contribution < -0.4 is 0 Å². The predicted octanol–water partition coefficient (Wildman–Crippen LogP) is 2.15. The molecular weight excluding hydrogens is 224 g/mol. The largest absolute Gasteiger partial charge is 0.327 e. The van der Waals surface area contributed by atoms with E-state index in [4.69, 9.17) is 12.2 Å². The molecule has 68 valence electrons. The summed E-state index contributed by atoms with van der Waals surface area (Å²) in [6, 6.07) is 0. The smallest absolute Gasteiger partial charge is 0.177 e. The summed E-state index contributed by atoms with van der Waals surface area (Å²) in [5, 5.41) is 6.77. The van der Waals surface area contributed by atoms with Crippen LogP contribution in [0.3, 0.4) is 0 Å². The van der Waals surface area contributed by atoms with Crippen LogP contribution in [-0.2, 0) is 5.88 Å². The van der Waals surface area contributed by atoms with Crippen molar-refractivity contribution in [2.75, 3.05) is 0 Å². The summed E-state index contributed by atoms with van der Waals surface area (Å²) < 4.78 is 3.65. The normalized spacial score (nSPS) is 10.5. The van der Waals surface area contributed by atoms with Gasteiger partial charge in [-0.05, 0) is 12.2 Å². The number of nitrogens with zero attached hydrogens (tertiary/aromatic N) is 3. The first-order valence-corrected chi connectivity index (χ1v) is 5.70. The van der Waals surface area contributed by atoms with Crippen LogP contribution in [-0.4, -0.2) is 19.7 Å². The SMILES string of the molecule is S=c1[nH]nc(SCn2ccnc2)s1. The highest BCUT2D eigenvalue weighted by Gasteiger charge is 1.98. The number of nitrogens with one attached hydrogen (secondary N) is 1. The van der Waals surface area contributed by atoms with Crippen molar-refractivity contribution in [2.45, 2.75) is 10.2 Å². The van der Waals surface area contributed by atoms with Gasteiger partial charge >= 0.3 is 0 Å². The van der Waals surface area contributed by atoms with E-state index in [-0.39, 0.29) is 0 Å². The van der Waals surface area contributed by atoms with Gasteiger partial charge in [-0.1, -0.05) is 23.1 Å².